The fraction of sp³-hybridized carbons (Fsp3) is 0.727. The maximum absolute atomic E-state index is 11.5. The van der Waals surface area contributed by atoms with Crippen molar-refractivity contribution in [2.45, 2.75) is 26.2 Å². The van der Waals surface area contributed by atoms with E-state index in [2.05, 4.69) is 0 Å². The fourth-order valence-corrected chi connectivity index (χ4v) is 1.61. The van der Waals surface area contributed by atoms with Crippen LogP contribution in [0.3, 0.4) is 0 Å². The van der Waals surface area contributed by atoms with Crippen molar-refractivity contribution in [3.63, 3.8) is 0 Å². The van der Waals surface area contributed by atoms with Crippen molar-refractivity contribution >= 4 is 17.6 Å². The normalized spacial score (nSPS) is 16.9. The van der Waals surface area contributed by atoms with E-state index in [1.54, 1.807) is 7.05 Å². The molecular weight excluding hydrogens is 208 g/mol. The molecule has 5 nitrogen and oxygen atoms in total. The summed E-state index contributed by atoms with van der Waals surface area (Å²) in [6.07, 6.45) is 1.68. The lowest BCUT2D eigenvalue weighted by Crippen LogP contribution is -2.52. The molecule has 0 atom stereocenters. The van der Waals surface area contributed by atoms with Gasteiger partial charge in [0.25, 0.3) is 0 Å². The summed E-state index contributed by atoms with van der Waals surface area (Å²) < 4.78 is 0. The minimum absolute atomic E-state index is 0.0361. The van der Waals surface area contributed by atoms with E-state index in [1.807, 2.05) is 6.92 Å². The number of carbonyl (C=O) groups is 3. The highest BCUT2D eigenvalue weighted by atomic mass is 16.2. The SMILES string of the molecule is CCC(=O)CCCN1CC(=O)N(C)CC1=O. The Labute approximate surface area is 95.4 Å². The Morgan fingerprint density at radius 1 is 1.25 bits per heavy atom. The third kappa shape index (κ3) is 3.32. The largest absolute Gasteiger partial charge is 0.335 e. The zero-order valence-corrected chi connectivity index (χ0v) is 9.86. The Bertz CT molecular complexity index is 302. The van der Waals surface area contributed by atoms with E-state index in [-0.39, 0.29) is 30.7 Å². The summed E-state index contributed by atoms with van der Waals surface area (Å²) in [6, 6.07) is 0. The van der Waals surface area contributed by atoms with Crippen LogP contribution in [0.2, 0.25) is 0 Å². The average molecular weight is 226 g/mol. The fourth-order valence-electron chi connectivity index (χ4n) is 1.61. The second-order valence-electron chi connectivity index (χ2n) is 4.06. The Morgan fingerprint density at radius 3 is 2.56 bits per heavy atom. The maximum Gasteiger partial charge on any atom is 0.242 e. The summed E-state index contributed by atoms with van der Waals surface area (Å²) in [7, 11) is 1.62. The van der Waals surface area contributed by atoms with Crippen LogP contribution >= 0.6 is 0 Å². The predicted molar refractivity (Wildman–Crippen MR) is 58.7 cm³/mol. The van der Waals surface area contributed by atoms with Crippen LogP contribution in [0.5, 0.6) is 0 Å². The molecule has 90 valence electrons. The number of rotatable bonds is 5. The first-order valence-electron chi connectivity index (χ1n) is 5.58. The first-order valence-corrected chi connectivity index (χ1v) is 5.58. The topological polar surface area (TPSA) is 57.7 Å². The van der Waals surface area contributed by atoms with Gasteiger partial charge in [0.15, 0.2) is 0 Å². The number of hydrogen-bond acceptors (Lipinski definition) is 3. The highest BCUT2D eigenvalue weighted by molar-refractivity contribution is 5.92. The second-order valence-corrected chi connectivity index (χ2v) is 4.06. The monoisotopic (exact) mass is 226 g/mol. The molecule has 1 saturated heterocycles. The van der Waals surface area contributed by atoms with Crippen molar-refractivity contribution in [2.75, 3.05) is 26.7 Å². The number of nitrogens with zero attached hydrogens (tertiary/aromatic N) is 2. The van der Waals surface area contributed by atoms with Gasteiger partial charge in [0.05, 0.1) is 13.1 Å². The number of Topliss-reactive ketones (excluding diaryl/α,β-unsaturated/α-hetero) is 1. The van der Waals surface area contributed by atoms with Gasteiger partial charge >= 0.3 is 0 Å². The summed E-state index contributed by atoms with van der Waals surface area (Å²) in [5, 5.41) is 0. The van der Waals surface area contributed by atoms with Gasteiger partial charge < -0.3 is 9.80 Å². The van der Waals surface area contributed by atoms with Gasteiger partial charge in [0.2, 0.25) is 11.8 Å². The highest BCUT2D eigenvalue weighted by Crippen LogP contribution is 2.05. The van der Waals surface area contributed by atoms with E-state index in [1.165, 1.54) is 9.80 Å². The zero-order chi connectivity index (χ0) is 12.1. The summed E-state index contributed by atoms with van der Waals surface area (Å²) in [5.74, 6) is 0.125. The molecule has 0 bridgehead atoms. The van der Waals surface area contributed by atoms with Crippen molar-refractivity contribution in [2.24, 2.45) is 0 Å². The lowest BCUT2D eigenvalue weighted by Gasteiger charge is -2.31. The van der Waals surface area contributed by atoms with Crippen LogP contribution in [0.25, 0.3) is 0 Å². The number of amides is 2. The highest BCUT2D eigenvalue weighted by Gasteiger charge is 2.26. The van der Waals surface area contributed by atoms with Gasteiger partial charge in [-0.3, -0.25) is 14.4 Å². The molecule has 16 heavy (non-hydrogen) atoms. The molecule has 1 aliphatic heterocycles. The van der Waals surface area contributed by atoms with Crippen LogP contribution in [-0.2, 0) is 14.4 Å². The van der Waals surface area contributed by atoms with E-state index in [4.69, 9.17) is 0 Å². The lowest BCUT2D eigenvalue weighted by atomic mass is 10.1. The van der Waals surface area contributed by atoms with E-state index < -0.39 is 0 Å². The Hall–Kier alpha value is -1.39. The van der Waals surface area contributed by atoms with E-state index >= 15 is 0 Å². The molecule has 2 amide bonds. The molecule has 0 aliphatic carbocycles. The van der Waals surface area contributed by atoms with E-state index in [0.717, 1.165) is 0 Å². The lowest BCUT2D eigenvalue weighted by molar-refractivity contribution is -0.148. The molecule has 1 rings (SSSR count). The summed E-state index contributed by atoms with van der Waals surface area (Å²) in [4.78, 5) is 36.9. The smallest absolute Gasteiger partial charge is 0.242 e. The summed E-state index contributed by atoms with van der Waals surface area (Å²) in [6.45, 7) is 2.63. The maximum atomic E-state index is 11.5. The molecule has 0 unspecified atom stereocenters. The van der Waals surface area contributed by atoms with Gasteiger partial charge in [0.1, 0.15) is 5.78 Å². The molecule has 0 spiro atoms. The minimum atomic E-state index is -0.0404. The van der Waals surface area contributed by atoms with Crippen LogP contribution < -0.4 is 0 Å². The third-order valence-electron chi connectivity index (χ3n) is 2.75. The number of hydrogen-bond donors (Lipinski definition) is 0. The Balaban J connectivity index is 2.34. The molecule has 1 fully saturated rings. The second kappa shape index (κ2) is 5.63. The van der Waals surface area contributed by atoms with E-state index in [0.29, 0.717) is 25.8 Å². The number of ketones is 1. The van der Waals surface area contributed by atoms with Crippen molar-refractivity contribution in [3.05, 3.63) is 0 Å². The molecule has 5 heteroatoms. The molecule has 0 N–H and O–H groups in total. The van der Waals surface area contributed by atoms with Crippen molar-refractivity contribution in [1.82, 2.24) is 9.80 Å². The first-order chi connectivity index (χ1) is 7.54. The molecular formula is C11H18N2O3. The van der Waals surface area contributed by atoms with Gasteiger partial charge in [-0.25, -0.2) is 0 Å². The number of carbonyl (C=O) groups excluding carboxylic acids is 3. The third-order valence-corrected chi connectivity index (χ3v) is 2.75. The van der Waals surface area contributed by atoms with Crippen molar-refractivity contribution in [3.8, 4) is 0 Å². The van der Waals surface area contributed by atoms with Crippen LogP contribution in [0, 0.1) is 0 Å². The predicted octanol–water partition coefficient (Wildman–Crippen LogP) is 0.0463. The molecule has 0 radical (unpaired) electrons. The minimum Gasteiger partial charge on any atom is -0.335 e. The standard InChI is InChI=1S/C11H18N2O3/c1-3-9(14)5-4-6-13-8-10(15)12(2)7-11(13)16/h3-8H2,1-2H3. The van der Waals surface area contributed by atoms with Crippen LogP contribution in [0.15, 0.2) is 0 Å². The molecule has 0 aromatic carbocycles. The van der Waals surface area contributed by atoms with Crippen molar-refractivity contribution < 1.29 is 14.4 Å². The van der Waals surface area contributed by atoms with Gasteiger partial charge in [0, 0.05) is 26.4 Å². The summed E-state index contributed by atoms with van der Waals surface area (Å²) in [5.41, 5.74) is 0. The van der Waals surface area contributed by atoms with Crippen LogP contribution in [0.4, 0.5) is 0 Å². The molecule has 0 aromatic rings. The molecule has 1 heterocycles. The molecule has 0 saturated carbocycles. The van der Waals surface area contributed by atoms with Gasteiger partial charge in [-0.05, 0) is 6.42 Å². The zero-order valence-electron chi connectivity index (χ0n) is 9.86. The quantitative estimate of drug-likeness (QED) is 0.665. The van der Waals surface area contributed by atoms with Crippen molar-refractivity contribution in [1.29, 1.82) is 0 Å². The Morgan fingerprint density at radius 2 is 1.94 bits per heavy atom. The molecule has 0 aromatic heterocycles. The Kier molecular flexibility index (Phi) is 4.46. The average Bonchev–Trinajstić information content (AvgIpc) is 2.25. The molecule has 1 aliphatic rings. The summed E-state index contributed by atoms with van der Waals surface area (Å²) >= 11 is 0. The van der Waals surface area contributed by atoms with E-state index in [9.17, 15) is 14.4 Å². The van der Waals surface area contributed by atoms with Gasteiger partial charge in [-0.2, -0.15) is 0 Å². The van der Waals surface area contributed by atoms with Gasteiger partial charge in [-0.15, -0.1) is 0 Å². The first kappa shape index (κ1) is 12.7. The van der Waals surface area contributed by atoms with Crippen LogP contribution in [0.1, 0.15) is 26.2 Å². The number of piperazine rings is 1. The number of likely N-dealkylation sites (N-methyl/N-ethyl adjacent to an activating group) is 1. The van der Waals surface area contributed by atoms with Crippen LogP contribution in [-0.4, -0.2) is 54.1 Å². The van der Waals surface area contributed by atoms with Gasteiger partial charge in [-0.1, -0.05) is 6.92 Å².